The summed E-state index contributed by atoms with van der Waals surface area (Å²) in [6.45, 7) is -1.66. The molecule has 0 aliphatic heterocycles. The third-order valence-electron chi connectivity index (χ3n) is 1.71. The van der Waals surface area contributed by atoms with Gasteiger partial charge in [-0.2, -0.15) is 26.3 Å². The van der Waals surface area contributed by atoms with Crippen molar-refractivity contribution in [2.45, 2.75) is 6.18 Å². The average molecular weight is 304 g/mol. The Bertz CT molecular complexity index is 533. The normalized spacial score (nSPS) is 12.4. The highest BCUT2D eigenvalue weighted by atomic mass is 35.5. The molecule has 0 unspecified atom stereocenters. The number of nitrogen functional groups attached to an aromatic ring is 1. The van der Waals surface area contributed by atoms with Gasteiger partial charge in [0.05, 0.1) is 16.4 Å². The van der Waals surface area contributed by atoms with E-state index in [1.165, 1.54) is 22.9 Å². The zero-order valence-electron chi connectivity index (χ0n) is 8.75. The highest BCUT2D eigenvalue weighted by molar-refractivity contribution is 7.90. The number of hydrogen-bond acceptors (Lipinski definition) is 3. The molecule has 4 N–H and O–H groups in total. The lowest BCUT2D eigenvalue weighted by molar-refractivity contribution is -0.121. The Morgan fingerprint density at radius 3 is 2.44 bits per heavy atom. The average Bonchev–Trinajstić information content (AvgIpc) is 2.20. The van der Waals surface area contributed by atoms with Gasteiger partial charge in [-0.15, -0.1) is 0 Å². The minimum absolute atomic E-state index is 0.00609. The number of halogens is 4. The lowest BCUT2D eigenvalue weighted by Crippen LogP contribution is -2.37. The van der Waals surface area contributed by atoms with Gasteiger partial charge in [0.15, 0.2) is 0 Å². The van der Waals surface area contributed by atoms with Gasteiger partial charge in [-0.1, -0.05) is 11.6 Å². The maximum absolute atomic E-state index is 11.8. The molecule has 18 heavy (non-hydrogen) atoms. The second-order valence-corrected chi connectivity index (χ2v) is 5.18. The Labute approximate surface area is 106 Å². The first-order chi connectivity index (χ1) is 8.09. The molecule has 0 fully saturated rings. The zero-order valence-corrected chi connectivity index (χ0v) is 10.3. The van der Waals surface area contributed by atoms with Crippen molar-refractivity contribution in [1.29, 1.82) is 0 Å². The Kier molecular flexibility index (Phi) is 4.30. The van der Waals surface area contributed by atoms with Crippen LogP contribution in [0, 0.1) is 0 Å². The van der Waals surface area contributed by atoms with Crippen LogP contribution in [0.2, 0.25) is 5.02 Å². The van der Waals surface area contributed by atoms with Crippen molar-refractivity contribution in [3.05, 3.63) is 23.2 Å². The fourth-order valence-electron chi connectivity index (χ4n) is 0.975. The first-order valence-corrected chi connectivity index (χ1v) is 6.34. The molecule has 1 rings (SSSR count). The van der Waals surface area contributed by atoms with Crippen molar-refractivity contribution in [1.82, 2.24) is 4.72 Å². The largest absolute Gasteiger partial charge is 0.402 e. The van der Waals surface area contributed by atoms with Crippen LogP contribution in [0.5, 0.6) is 0 Å². The van der Waals surface area contributed by atoms with Crippen LogP contribution in [0.4, 0.5) is 24.5 Å². The number of nitrogens with one attached hydrogen (secondary N) is 2. The molecule has 0 saturated heterocycles. The predicted molar refractivity (Wildman–Crippen MR) is 62.5 cm³/mol. The second-order valence-electron chi connectivity index (χ2n) is 3.28. The number of rotatable bonds is 4. The molecule has 0 aromatic heterocycles. The van der Waals surface area contributed by atoms with Crippen LogP contribution in [0.1, 0.15) is 0 Å². The van der Waals surface area contributed by atoms with Crippen molar-refractivity contribution < 1.29 is 21.6 Å². The lowest BCUT2D eigenvalue weighted by Gasteiger charge is -2.11. The summed E-state index contributed by atoms with van der Waals surface area (Å²) in [4.78, 5) is 0. The summed E-state index contributed by atoms with van der Waals surface area (Å²) in [5, 5.41) is 0.209. The summed E-state index contributed by atoms with van der Waals surface area (Å²) in [5.41, 5.74) is 5.53. The SMILES string of the molecule is Nc1cc(NS(=O)(=O)NCC(F)(F)F)ccc1Cl. The standard InChI is InChI=1S/C8H9ClF3N3O2S/c9-6-2-1-5(3-7(6)13)15-18(16,17)14-4-8(10,11)12/h1-3,14-15H,4,13H2. The van der Waals surface area contributed by atoms with Crippen LogP contribution in [0.15, 0.2) is 18.2 Å². The molecular formula is C8H9ClF3N3O2S. The van der Waals surface area contributed by atoms with Crippen molar-refractivity contribution in [3.63, 3.8) is 0 Å². The molecule has 0 aliphatic rings. The van der Waals surface area contributed by atoms with Gasteiger partial charge in [0.2, 0.25) is 0 Å². The minimum Gasteiger partial charge on any atom is -0.397 e. The topological polar surface area (TPSA) is 84.2 Å². The van der Waals surface area contributed by atoms with Gasteiger partial charge >= 0.3 is 6.18 Å². The van der Waals surface area contributed by atoms with Crippen LogP contribution in [0.3, 0.4) is 0 Å². The molecule has 0 radical (unpaired) electrons. The summed E-state index contributed by atoms with van der Waals surface area (Å²) < 4.78 is 61.3. The first kappa shape index (κ1) is 14.9. The van der Waals surface area contributed by atoms with Crippen LogP contribution in [0.25, 0.3) is 0 Å². The van der Waals surface area contributed by atoms with Gasteiger partial charge in [0.1, 0.15) is 6.54 Å². The summed E-state index contributed by atoms with van der Waals surface area (Å²) in [5.74, 6) is 0. The van der Waals surface area contributed by atoms with Crippen LogP contribution in [-0.4, -0.2) is 21.1 Å². The molecule has 0 aliphatic carbocycles. The molecule has 0 amide bonds. The first-order valence-electron chi connectivity index (χ1n) is 4.48. The third-order valence-corrected chi connectivity index (χ3v) is 3.08. The molecule has 5 nitrogen and oxygen atoms in total. The summed E-state index contributed by atoms with van der Waals surface area (Å²) in [6, 6.07) is 3.78. The quantitative estimate of drug-likeness (QED) is 0.741. The molecule has 102 valence electrons. The summed E-state index contributed by atoms with van der Waals surface area (Å²) in [6.07, 6.45) is -4.63. The second kappa shape index (κ2) is 5.21. The van der Waals surface area contributed by atoms with E-state index in [0.29, 0.717) is 0 Å². The van der Waals surface area contributed by atoms with E-state index in [0.717, 1.165) is 0 Å². The van der Waals surface area contributed by atoms with Gasteiger partial charge in [-0.05, 0) is 18.2 Å². The minimum atomic E-state index is -4.63. The summed E-state index contributed by atoms with van der Waals surface area (Å²) in [7, 11) is -4.32. The van der Waals surface area contributed by atoms with Crippen molar-refractivity contribution >= 4 is 33.2 Å². The smallest absolute Gasteiger partial charge is 0.397 e. The van der Waals surface area contributed by atoms with Crippen molar-refractivity contribution in [3.8, 4) is 0 Å². The fourth-order valence-corrected chi connectivity index (χ4v) is 1.96. The lowest BCUT2D eigenvalue weighted by atomic mass is 10.3. The Morgan fingerprint density at radius 1 is 1.33 bits per heavy atom. The van der Waals surface area contributed by atoms with E-state index in [1.54, 1.807) is 0 Å². The van der Waals surface area contributed by atoms with E-state index >= 15 is 0 Å². The zero-order chi connectivity index (χ0) is 14.0. The van der Waals surface area contributed by atoms with E-state index in [1.807, 2.05) is 4.72 Å². The Morgan fingerprint density at radius 2 is 1.94 bits per heavy atom. The third kappa shape index (κ3) is 4.98. The van der Waals surface area contributed by atoms with Gasteiger partial charge in [-0.3, -0.25) is 4.72 Å². The predicted octanol–water partition coefficient (Wildman–Crippen LogP) is 1.73. The molecule has 10 heteroatoms. The molecule has 1 aromatic rings. The number of hydrogen-bond donors (Lipinski definition) is 3. The molecular weight excluding hydrogens is 295 g/mol. The Balaban J connectivity index is 2.74. The molecule has 0 spiro atoms. The van der Waals surface area contributed by atoms with E-state index in [9.17, 15) is 21.6 Å². The molecule has 0 heterocycles. The van der Waals surface area contributed by atoms with Gasteiger partial charge < -0.3 is 5.73 Å². The van der Waals surface area contributed by atoms with Gasteiger partial charge in [0, 0.05) is 0 Å². The highest BCUT2D eigenvalue weighted by Gasteiger charge is 2.29. The van der Waals surface area contributed by atoms with Crippen molar-refractivity contribution in [2.75, 3.05) is 17.0 Å². The number of benzene rings is 1. The van der Waals surface area contributed by atoms with Crippen molar-refractivity contribution in [2.24, 2.45) is 0 Å². The fraction of sp³-hybridized carbons (Fsp3) is 0.250. The number of alkyl halides is 3. The van der Waals surface area contributed by atoms with Gasteiger partial charge in [-0.25, -0.2) is 0 Å². The molecule has 1 aromatic carbocycles. The molecule has 0 atom stereocenters. The number of nitrogens with two attached hydrogens (primary N) is 1. The summed E-state index contributed by atoms with van der Waals surface area (Å²) >= 11 is 5.61. The highest BCUT2D eigenvalue weighted by Crippen LogP contribution is 2.22. The maximum atomic E-state index is 11.8. The molecule has 0 saturated carbocycles. The van der Waals surface area contributed by atoms with E-state index in [-0.39, 0.29) is 16.4 Å². The molecule has 0 bridgehead atoms. The number of anilines is 2. The monoisotopic (exact) mass is 303 g/mol. The van der Waals surface area contributed by atoms with E-state index < -0.39 is 22.9 Å². The van der Waals surface area contributed by atoms with Crippen LogP contribution in [-0.2, 0) is 10.2 Å². The maximum Gasteiger partial charge on any atom is 0.402 e. The van der Waals surface area contributed by atoms with E-state index in [2.05, 4.69) is 0 Å². The van der Waals surface area contributed by atoms with Crippen LogP contribution >= 0.6 is 11.6 Å². The van der Waals surface area contributed by atoms with Gasteiger partial charge in [0.25, 0.3) is 10.2 Å². The van der Waals surface area contributed by atoms with Crippen LogP contribution < -0.4 is 15.2 Å². The van der Waals surface area contributed by atoms with E-state index in [4.69, 9.17) is 17.3 Å². The Hall–Kier alpha value is -1.19.